The molecule has 0 bridgehead atoms. The Kier molecular flexibility index (Phi) is 10.3. The number of carbonyl (C=O) groups excluding carboxylic acids is 2. The van der Waals surface area contributed by atoms with Crippen LogP contribution in [0.3, 0.4) is 0 Å². The van der Waals surface area contributed by atoms with Crippen LogP contribution in [-0.4, -0.2) is 82.8 Å². The van der Waals surface area contributed by atoms with Gasteiger partial charge in [0.05, 0.1) is 28.9 Å². The lowest BCUT2D eigenvalue weighted by molar-refractivity contribution is -0.137. The van der Waals surface area contributed by atoms with E-state index in [9.17, 15) is 14.0 Å². The van der Waals surface area contributed by atoms with Gasteiger partial charge in [-0.15, -0.1) is 11.8 Å². The number of likely N-dealkylation sites (tertiary alicyclic amines) is 1. The van der Waals surface area contributed by atoms with Crippen molar-refractivity contribution < 1.29 is 28.2 Å². The van der Waals surface area contributed by atoms with Gasteiger partial charge in [-0.2, -0.15) is 0 Å². The summed E-state index contributed by atoms with van der Waals surface area (Å²) in [6, 6.07) is 7.85. The Morgan fingerprint density at radius 2 is 2.02 bits per heavy atom. The summed E-state index contributed by atoms with van der Waals surface area (Å²) in [5, 5.41) is 7.18. The zero-order valence-electron chi connectivity index (χ0n) is 24.7. The van der Waals surface area contributed by atoms with E-state index in [0.717, 1.165) is 45.2 Å². The van der Waals surface area contributed by atoms with Gasteiger partial charge in [0.25, 0.3) is 0 Å². The third-order valence-electron chi connectivity index (χ3n) is 8.04. The topological polar surface area (TPSA) is 115 Å². The SMILES string of the molecule is O=C(C=CCN1CCC(SC2CCOC2=O)CC1)Nc1cc2c(Nc3ccc(F)c(Cl)c3)ncnc2cc1OCC1CCCO1. The van der Waals surface area contributed by atoms with Crippen LogP contribution in [0.1, 0.15) is 32.1 Å². The van der Waals surface area contributed by atoms with Crippen LogP contribution in [0.4, 0.5) is 21.6 Å². The molecule has 0 saturated carbocycles. The lowest BCUT2D eigenvalue weighted by Gasteiger charge is -2.31. The lowest BCUT2D eigenvalue weighted by atomic mass is 10.1. The quantitative estimate of drug-likeness (QED) is 0.196. The largest absolute Gasteiger partial charge is 0.489 e. The summed E-state index contributed by atoms with van der Waals surface area (Å²) in [5.74, 6) is 0.0433. The predicted molar refractivity (Wildman–Crippen MR) is 173 cm³/mol. The highest BCUT2D eigenvalue weighted by Crippen LogP contribution is 2.35. The van der Waals surface area contributed by atoms with E-state index in [1.807, 2.05) is 6.08 Å². The first-order valence-corrected chi connectivity index (χ1v) is 16.5. The van der Waals surface area contributed by atoms with Crippen molar-refractivity contribution in [3.8, 4) is 5.75 Å². The molecule has 1 amide bonds. The second-order valence-electron chi connectivity index (χ2n) is 11.3. The lowest BCUT2D eigenvalue weighted by Crippen LogP contribution is -2.35. The third-order valence-corrected chi connectivity index (χ3v) is 9.94. The molecule has 2 aromatic carbocycles. The first-order chi connectivity index (χ1) is 21.9. The number of rotatable bonds is 11. The van der Waals surface area contributed by atoms with E-state index in [1.54, 1.807) is 30.0 Å². The minimum atomic E-state index is -0.517. The van der Waals surface area contributed by atoms with E-state index in [0.29, 0.717) is 65.5 Å². The molecular formula is C32H35ClFN5O5S. The zero-order valence-corrected chi connectivity index (χ0v) is 26.2. The van der Waals surface area contributed by atoms with Gasteiger partial charge in [-0.3, -0.25) is 14.5 Å². The Bertz CT molecular complexity index is 1560. The second kappa shape index (κ2) is 14.8. The van der Waals surface area contributed by atoms with Crippen LogP contribution in [0.25, 0.3) is 10.9 Å². The molecule has 4 heterocycles. The average Bonchev–Trinajstić information content (AvgIpc) is 3.71. The first-order valence-electron chi connectivity index (χ1n) is 15.2. The third kappa shape index (κ3) is 8.23. The standard InChI is InChI=1S/C32H35ClFN5O5S/c33-24-15-20(5-6-25(24)34)37-31-23-16-27(28(17-26(23)35-19-36-31)44-18-21-3-2-13-42-21)38-30(40)4-1-10-39-11-7-22(8-12-39)45-29-9-14-43-32(29)41/h1,4-6,15-17,19,21-22,29H,2-3,7-14,18H2,(H,38,40)(H,35,36,37). The van der Waals surface area contributed by atoms with E-state index in [4.69, 9.17) is 25.8 Å². The van der Waals surface area contributed by atoms with Gasteiger partial charge in [-0.25, -0.2) is 14.4 Å². The fourth-order valence-electron chi connectivity index (χ4n) is 5.61. The number of anilines is 3. The number of piperidine rings is 1. The first kappa shape index (κ1) is 31.5. The number of halogens is 2. The molecule has 45 heavy (non-hydrogen) atoms. The Balaban J connectivity index is 1.12. The number of amides is 1. The summed E-state index contributed by atoms with van der Waals surface area (Å²) < 4.78 is 30.7. The molecule has 238 valence electrons. The van der Waals surface area contributed by atoms with Crippen LogP contribution in [0, 0.1) is 5.82 Å². The number of benzene rings is 2. The van der Waals surface area contributed by atoms with Crippen LogP contribution in [0.15, 0.2) is 48.8 Å². The van der Waals surface area contributed by atoms with Crippen molar-refractivity contribution >= 4 is 63.3 Å². The molecule has 3 aliphatic rings. The van der Waals surface area contributed by atoms with Crippen LogP contribution < -0.4 is 15.4 Å². The second-order valence-corrected chi connectivity index (χ2v) is 13.2. The molecular weight excluding hydrogens is 621 g/mol. The maximum Gasteiger partial charge on any atom is 0.319 e. The van der Waals surface area contributed by atoms with Crippen molar-refractivity contribution in [2.75, 3.05) is 50.1 Å². The number of nitrogens with zero attached hydrogens (tertiary/aromatic N) is 3. The smallest absolute Gasteiger partial charge is 0.319 e. The summed E-state index contributed by atoms with van der Waals surface area (Å²) in [7, 11) is 0. The number of fused-ring (bicyclic) bond motifs is 1. The molecule has 10 nitrogen and oxygen atoms in total. The van der Waals surface area contributed by atoms with Gasteiger partial charge in [0.15, 0.2) is 0 Å². The summed E-state index contributed by atoms with van der Waals surface area (Å²) in [4.78, 5) is 36.0. The maximum atomic E-state index is 13.7. The van der Waals surface area contributed by atoms with Crippen LogP contribution in [-0.2, 0) is 19.1 Å². The number of hydrogen-bond acceptors (Lipinski definition) is 10. The summed E-state index contributed by atoms with van der Waals surface area (Å²) in [6.07, 6.45) is 9.50. The number of esters is 1. The Hall–Kier alpha value is -3.45. The predicted octanol–water partition coefficient (Wildman–Crippen LogP) is 5.73. The van der Waals surface area contributed by atoms with E-state index in [1.165, 1.54) is 24.5 Å². The molecule has 3 fully saturated rings. The Labute approximate surface area is 270 Å². The molecule has 2 unspecified atom stereocenters. The van der Waals surface area contributed by atoms with Gasteiger partial charge in [-0.05, 0) is 63.0 Å². The molecule has 0 spiro atoms. The maximum absolute atomic E-state index is 13.7. The molecule has 1 aromatic heterocycles. The van der Waals surface area contributed by atoms with Crippen molar-refractivity contribution in [2.24, 2.45) is 0 Å². The summed E-state index contributed by atoms with van der Waals surface area (Å²) in [6.45, 7) is 4.06. The molecule has 3 aromatic rings. The van der Waals surface area contributed by atoms with Crippen LogP contribution in [0.5, 0.6) is 5.75 Å². The number of carbonyl (C=O) groups is 2. The highest BCUT2D eigenvalue weighted by molar-refractivity contribution is 8.01. The Morgan fingerprint density at radius 1 is 1.16 bits per heavy atom. The number of hydrogen-bond donors (Lipinski definition) is 2. The van der Waals surface area contributed by atoms with Crippen LogP contribution >= 0.6 is 23.4 Å². The minimum absolute atomic E-state index is 0.00970. The van der Waals surface area contributed by atoms with Gasteiger partial charge in [0.1, 0.15) is 35.6 Å². The van der Waals surface area contributed by atoms with Gasteiger partial charge in [0.2, 0.25) is 5.91 Å². The fraction of sp³-hybridized carbons (Fsp3) is 0.438. The molecule has 13 heteroatoms. The van der Waals surface area contributed by atoms with Gasteiger partial charge in [0, 0.05) is 48.0 Å². The van der Waals surface area contributed by atoms with E-state index in [2.05, 4.69) is 25.5 Å². The van der Waals surface area contributed by atoms with Crippen LogP contribution in [0.2, 0.25) is 5.02 Å². The molecule has 6 rings (SSSR count). The number of ether oxygens (including phenoxy) is 3. The van der Waals surface area contributed by atoms with Crippen molar-refractivity contribution in [1.82, 2.24) is 14.9 Å². The average molecular weight is 656 g/mol. The monoisotopic (exact) mass is 655 g/mol. The number of thioether (sulfide) groups is 1. The molecule has 2 N–H and O–H groups in total. The van der Waals surface area contributed by atoms with E-state index in [-0.39, 0.29) is 28.3 Å². The molecule has 3 saturated heterocycles. The Morgan fingerprint density at radius 3 is 2.78 bits per heavy atom. The fourth-order valence-corrected chi connectivity index (χ4v) is 7.15. The van der Waals surface area contributed by atoms with Crippen molar-refractivity contribution in [3.63, 3.8) is 0 Å². The van der Waals surface area contributed by atoms with Gasteiger partial charge < -0.3 is 24.8 Å². The highest BCUT2D eigenvalue weighted by atomic mass is 35.5. The number of aromatic nitrogens is 2. The molecule has 0 radical (unpaired) electrons. The summed E-state index contributed by atoms with van der Waals surface area (Å²) in [5.41, 5.74) is 1.62. The zero-order chi connectivity index (χ0) is 31.2. The highest BCUT2D eigenvalue weighted by Gasteiger charge is 2.31. The van der Waals surface area contributed by atoms with Gasteiger partial charge in [-0.1, -0.05) is 17.7 Å². The molecule has 2 atom stereocenters. The van der Waals surface area contributed by atoms with Crippen molar-refractivity contribution in [1.29, 1.82) is 0 Å². The number of nitrogens with one attached hydrogen (secondary N) is 2. The van der Waals surface area contributed by atoms with E-state index < -0.39 is 5.82 Å². The molecule has 3 aliphatic heterocycles. The van der Waals surface area contributed by atoms with Crippen molar-refractivity contribution in [3.05, 3.63) is 59.7 Å². The van der Waals surface area contributed by atoms with E-state index >= 15 is 0 Å². The minimum Gasteiger partial charge on any atom is -0.489 e. The molecule has 0 aliphatic carbocycles. The normalized spacial score (nSPS) is 21.0. The van der Waals surface area contributed by atoms with Crippen molar-refractivity contribution in [2.45, 2.75) is 48.7 Å². The summed E-state index contributed by atoms with van der Waals surface area (Å²) >= 11 is 7.72. The van der Waals surface area contributed by atoms with Gasteiger partial charge >= 0.3 is 5.97 Å². The number of cyclic esters (lactones) is 1.